The zero-order valence-corrected chi connectivity index (χ0v) is 9.74. The van der Waals surface area contributed by atoms with Crippen molar-refractivity contribution < 1.29 is 9.47 Å². The molecule has 0 bridgehead atoms. The lowest BCUT2D eigenvalue weighted by atomic mass is 10.1. The van der Waals surface area contributed by atoms with Gasteiger partial charge >= 0.3 is 0 Å². The summed E-state index contributed by atoms with van der Waals surface area (Å²) in [5.41, 5.74) is 0. The Morgan fingerprint density at radius 2 is 1.53 bits per heavy atom. The normalized spacial score (nSPS) is 34.8. The first-order valence-corrected chi connectivity index (χ1v) is 5.85. The van der Waals surface area contributed by atoms with Crippen molar-refractivity contribution in [3.8, 4) is 0 Å². The molecule has 0 aliphatic carbocycles. The molecule has 2 heterocycles. The zero-order chi connectivity index (χ0) is 10.7. The Morgan fingerprint density at radius 1 is 1.00 bits per heavy atom. The average molecular weight is 214 g/mol. The average Bonchev–Trinajstić information content (AvgIpc) is 2.73. The van der Waals surface area contributed by atoms with Gasteiger partial charge in [-0.1, -0.05) is 0 Å². The Labute approximate surface area is 91.9 Å². The van der Waals surface area contributed by atoms with Crippen LogP contribution in [0.3, 0.4) is 0 Å². The minimum absolute atomic E-state index is 0.255. The topological polar surface area (TPSA) is 33.7 Å². The fraction of sp³-hybridized carbons (Fsp3) is 1.00. The van der Waals surface area contributed by atoms with Crippen molar-refractivity contribution >= 4 is 0 Å². The largest absolute Gasteiger partial charge is 0.377 e. The molecule has 0 amide bonds. The van der Waals surface area contributed by atoms with Crippen molar-refractivity contribution in [2.45, 2.75) is 31.1 Å². The summed E-state index contributed by atoms with van der Waals surface area (Å²) in [6, 6.07) is 0.726. The van der Waals surface area contributed by atoms with E-state index in [0.717, 1.165) is 32.2 Å². The van der Waals surface area contributed by atoms with Crippen molar-refractivity contribution in [1.82, 2.24) is 10.2 Å². The third-order valence-electron chi connectivity index (χ3n) is 3.67. The van der Waals surface area contributed by atoms with Gasteiger partial charge in [-0.25, -0.2) is 0 Å². The molecule has 2 aliphatic rings. The molecule has 0 aromatic carbocycles. The van der Waals surface area contributed by atoms with Crippen molar-refractivity contribution in [1.29, 1.82) is 0 Å². The quantitative estimate of drug-likeness (QED) is 0.721. The van der Waals surface area contributed by atoms with Gasteiger partial charge < -0.3 is 14.8 Å². The highest BCUT2D eigenvalue weighted by Crippen LogP contribution is 2.21. The first-order chi connectivity index (χ1) is 7.35. The molecular formula is C11H22N2O2. The second-order valence-corrected chi connectivity index (χ2v) is 4.48. The minimum atomic E-state index is 0.255. The fourth-order valence-electron chi connectivity index (χ4n) is 2.69. The monoisotopic (exact) mass is 214 g/mol. The fourth-order valence-corrected chi connectivity index (χ4v) is 2.69. The molecule has 0 saturated carbocycles. The van der Waals surface area contributed by atoms with Crippen LogP contribution in [-0.4, -0.2) is 63.5 Å². The Balaban J connectivity index is 1.88. The summed E-state index contributed by atoms with van der Waals surface area (Å²) < 4.78 is 10.9. The summed E-state index contributed by atoms with van der Waals surface area (Å²) in [6.07, 6.45) is 3.02. The van der Waals surface area contributed by atoms with Gasteiger partial charge in [0.1, 0.15) is 0 Å². The van der Waals surface area contributed by atoms with E-state index < -0.39 is 0 Å². The molecule has 15 heavy (non-hydrogen) atoms. The Hall–Kier alpha value is -0.160. The number of hydrogen-bond donors (Lipinski definition) is 1. The van der Waals surface area contributed by atoms with Gasteiger partial charge in [0, 0.05) is 33.4 Å². The van der Waals surface area contributed by atoms with Crippen LogP contribution in [-0.2, 0) is 9.47 Å². The summed E-state index contributed by atoms with van der Waals surface area (Å²) in [4.78, 5) is 2.53. The molecule has 88 valence electrons. The second kappa shape index (κ2) is 5.25. The minimum Gasteiger partial charge on any atom is -0.377 e. The zero-order valence-electron chi connectivity index (χ0n) is 9.74. The maximum absolute atomic E-state index is 5.45. The molecule has 0 radical (unpaired) electrons. The summed E-state index contributed by atoms with van der Waals surface area (Å²) in [5.74, 6) is 0. The Kier molecular flexibility index (Phi) is 3.97. The third kappa shape index (κ3) is 2.50. The highest BCUT2D eigenvalue weighted by molar-refractivity contribution is 4.90. The molecule has 1 N–H and O–H groups in total. The lowest BCUT2D eigenvalue weighted by Crippen LogP contribution is -2.42. The van der Waals surface area contributed by atoms with Crippen molar-refractivity contribution in [2.75, 3.05) is 40.4 Å². The number of rotatable bonds is 3. The van der Waals surface area contributed by atoms with Crippen molar-refractivity contribution in [3.63, 3.8) is 0 Å². The molecule has 2 rings (SSSR count). The third-order valence-corrected chi connectivity index (χ3v) is 3.67. The smallest absolute Gasteiger partial charge is 0.0971 e. The van der Waals surface area contributed by atoms with Crippen LogP contribution in [0.4, 0.5) is 0 Å². The maximum atomic E-state index is 5.45. The number of ether oxygens (including phenoxy) is 2. The Morgan fingerprint density at radius 3 is 2.00 bits per heavy atom. The van der Waals surface area contributed by atoms with Gasteiger partial charge in [-0.15, -0.1) is 0 Å². The first kappa shape index (κ1) is 11.3. The van der Waals surface area contributed by atoms with Crippen LogP contribution in [0.5, 0.6) is 0 Å². The van der Waals surface area contributed by atoms with Crippen LogP contribution in [0.25, 0.3) is 0 Å². The Bertz CT molecular complexity index is 183. The molecule has 0 unspecified atom stereocenters. The van der Waals surface area contributed by atoms with Gasteiger partial charge in [-0.3, -0.25) is 4.90 Å². The molecule has 2 atom stereocenters. The number of nitrogens with zero attached hydrogens (tertiary/aromatic N) is 1. The van der Waals surface area contributed by atoms with E-state index in [4.69, 9.17) is 9.47 Å². The number of hydrogen-bond acceptors (Lipinski definition) is 4. The highest BCUT2D eigenvalue weighted by Gasteiger charge is 2.36. The summed E-state index contributed by atoms with van der Waals surface area (Å²) in [7, 11) is 3.56. The van der Waals surface area contributed by atoms with Gasteiger partial charge in [0.25, 0.3) is 0 Å². The van der Waals surface area contributed by atoms with E-state index in [1.807, 2.05) is 0 Å². The van der Waals surface area contributed by atoms with Crippen LogP contribution in [0.15, 0.2) is 0 Å². The van der Waals surface area contributed by atoms with Crippen LogP contribution in [0.1, 0.15) is 12.8 Å². The molecule has 0 aromatic heterocycles. The number of piperidine rings is 1. The van der Waals surface area contributed by atoms with E-state index >= 15 is 0 Å². The van der Waals surface area contributed by atoms with E-state index in [1.54, 1.807) is 14.2 Å². The number of methoxy groups -OCH3 is 2. The van der Waals surface area contributed by atoms with Crippen LogP contribution < -0.4 is 5.32 Å². The highest BCUT2D eigenvalue weighted by atomic mass is 16.5. The molecule has 2 fully saturated rings. The molecule has 2 saturated heterocycles. The van der Waals surface area contributed by atoms with Crippen LogP contribution in [0, 0.1) is 0 Å². The first-order valence-electron chi connectivity index (χ1n) is 5.85. The molecule has 4 nitrogen and oxygen atoms in total. The van der Waals surface area contributed by atoms with Gasteiger partial charge in [0.2, 0.25) is 0 Å². The van der Waals surface area contributed by atoms with Crippen LogP contribution in [0.2, 0.25) is 0 Å². The van der Waals surface area contributed by atoms with E-state index in [2.05, 4.69) is 10.2 Å². The second-order valence-electron chi connectivity index (χ2n) is 4.48. The number of likely N-dealkylation sites (tertiary alicyclic amines) is 1. The molecular weight excluding hydrogens is 192 g/mol. The molecule has 0 spiro atoms. The molecule has 4 heteroatoms. The van der Waals surface area contributed by atoms with E-state index in [9.17, 15) is 0 Å². The van der Waals surface area contributed by atoms with Crippen molar-refractivity contribution in [2.24, 2.45) is 0 Å². The van der Waals surface area contributed by atoms with Gasteiger partial charge in [0.05, 0.1) is 12.2 Å². The molecule has 2 aliphatic heterocycles. The lowest BCUT2D eigenvalue weighted by molar-refractivity contribution is -0.00461. The van der Waals surface area contributed by atoms with Gasteiger partial charge in [0.15, 0.2) is 0 Å². The van der Waals surface area contributed by atoms with Gasteiger partial charge in [-0.2, -0.15) is 0 Å². The van der Waals surface area contributed by atoms with E-state index in [0.29, 0.717) is 0 Å². The standard InChI is InChI=1S/C11H22N2O2/c1-14-10-7-13(8-11(10)15-2)9-3-5-12-6-4-9/h9-12H,3-8H2,1-2H3/t10-,11+. The predicted molar refractivity (Wildman–Crippen MR) is 59.1 cm³/mol. The SMILES string of the molecule is CO[C@H]1CN(C2CCNCC2)C[C@H]1OC. The summed E-state index contributed by atoms with van der Waals surface area (Å²) in [6.45, 7) is 4.35. The van der Waals surface area contributed by atoms with Crippen molar-refractivity contribution in [3.05, 3.63) is 0 Å². The number of nitrogens with one attached hydrogen (secondary N) is 1. The van der Waals surface area contributed by atoms with Crippen LogP contribution >= 0.6 is 0 Å². The summed E-state index contributed by atoms with van der Waals surface area (Å²) >= 11 is 0. The summed E-state index contributed by atoms with van der Waals surface area (Å²) in [5, 5.41) is 3.40. The lowest BCUT2D eigenvalue weighted by Gasteiger charge is -2.31. The van der Waals surface area contributed by atoms with E-state index in [-0.39, 0.29) is 12.2 Å². The van der Waals surface area contributed by atoms with E-state index in [1.165, 1.54) is 12.8 Å². The molecule has 0 aromatic rings. The maximum Gasteiger partial charge on any atom is 0.0971 e. The van der Waals surface area contributed by atoms with Gasteiger partial charge in [-0.05, 0) is 25.9 Å². The predicted octanol–water partition coefficient (Wildman–Crippen LogP) is 0.0840.